The van der Waals surface area contributed by atoms with Crippen LogP contribution in [0.2, 0.25) is 19.0 Å². The number of hydrogen-bond donors (Lipinski definition) is 0. The second-order valence-electron chi connectivity index (χ2n) is 8.45. The minimum atomic E-state index is -0.426. The first-order valence-electron chi connectivity index (χ1n) is 11.9. The molecule has 26 heavy (non-hydrogen) atoms. The first-order valence-corrected chi connectivity index (χ1v) is 11.9. The number of rotatable bonds is 17. The fraction of sp³-hybridized carbons (Fsp3) is 0.917. The van der Waals surface area contributed by atoms with Gasteiger partial charge < -0.3 is 5.82 Å². The summed E-state index contributed by atoms with van der Waals surface area (Å²) in [5.74, 6) is 7.54. The third-order valence-corrected chi connectivity index (χ3v) is 5.89. The standard InChI is InChI=1S/C24H48B.Li/c1-5-9-13-17-21-25(22-18-14-10-6-2,23-19-15-11-7-3)24-20-16-12-8-4;/h5-19,21-23H2,1-4H3;/q-1;+1. The van der Waals surface area contributed by atoms with E-state index in [-0.39, 0.29) is 18.9 Å². The zero-order valence-corrected chi connectivity index (χ0v) is 19.3. The van der Waals surface area contributed by atoms with Crippen LogP contribution in [-0.2, 0) is 0 Å². The fourth-order valence-electron chi connectivity index (χ4n) is 4.09. The molecule has 0 nitrogen and oxygen atoms in total. The number of hydrogen-bond acceptors (Lipinski definition) is 0. The van der Waals surface area contributed by atoms with Gasteiger partial charge in [-0.2, -0.15) is 24.9 Å². The van der Waals surface area contributed by atoms with Crippen LogP contribution in [0.1, 0.15) is 124 Å². The molecule has 0 heterocycles. The summed E-state index contributed by atoms with van der Waals surface area (Å²) < 4.78 is 0. The van der Waals surface area contributed by atoms with E-state index >= 15 is 0 Å². The van der Waals surface area contributed by atoms with Gasteiger partial charge in [0.1, 0.15) is 0 Å². The van der Waals surface area contributed by atoms with Gasteiger partial charge in [0.2, 0.25) is 0 Å². The second-order valence-corrected chi connectivity index (χ2v) is 8.45. The Morgan fingerprint density at radius 2 is 0.885 bits per heavy atom. The molecular formula is C24H48BLi. The van der Waals surface area contributed by atoms with Crippen molar-refractivity contribution in [3.63, 3.8) is 0 Å². The van der Waals surface area contributed by atoms with E-state index in [2.05, 4.69) is 39.4 Å². The van der Waals surface area contributed by atoms with Gasteiger partial charge >= 0.3 is 18.9 Å². The summed E-state index contributed by atoms with van der Waals surface area (Å²) >= 11 is 0. The van der Waals surface area contributed by atoms with Crippen molar-refractivity contribution < 1.29 is 18.9 Å². The maximum Gasteiger partial charge on any atom is 1.00 e. The first kappa shape index (κ1) is 28.4. The van der Waals surface area contributed by atoms with Crippen LogP contribution in [0.25, 0.3) is 0 Å². The monoisotopic (exact) mass is 354 g/mol. The van der Waals surface area contributed by atoms with E-state index in [0.717, 1.165) is 6.42 Å². The van der Waals surface area contributed by atoms with E-state index in [1.807, 2.05) is 0 Å². The Hall–Kier alpha value is 0.222. The maximum absolute atomic E-state index is 3.91. The largest absolute Gasteiger partial charge is 1.00 e. The zero-order valence-electron chi connectivity index (χ0n) is 19.3. The van der Waals surface area contributed by atoms with Gasteiger partial charge in [0.15, 0.2) is 0 Å². The quantitative estimate of drug-likeness (QED) is 0.173. The number of unbranched alkanes of at least 4 members (excludes halogenated alkanes) is 11. The Labute approximate surface area is 179 Å². The van der Waals surface area contributed by atoms with E-state index in [1.165, 1.54) is 109 Å². The van der Waals surface area contributed by atoms with Crippen LogP contribution in [0.5, 0.6) is 0 Å². The van der Waals surface area contributed by atoms with Gasteiger partial charge in [-0.05, 0) is 6.42 Å². The molecule has 0 rings (SSSR count). The van der Waals surface area contributed by atoms with Crippen LogP contribution in [-0.4, -0.2) is 6.15 Å². The molecule has 0 aliphatic rings. The van der Waals surface area contributed by atoms with Gasteiger partial charge in [0.05, 0.1) is 6.15 Å². The van der Waals surface area contributed by atoms with Gasteiger partial charge in [0.25, 0.3) is 0 Å². The van der Waals surface area contributed by atoms with Gasteiger partial charge in [-0.1, -0.05) is 111 Å². The molecule has 0 spiro atoms. The summed E-state index contributed by atoms with van der Waals surface area (Å²) in [6, 6.07) is 0. The maximum atomic E-state index is 3.91. The molecule has 0 N–H and O–H groups in total. The molecule has 0 aliphatic heterocycles. The van der Waals surface area contributed by atoms with E-state index in [4.69, 9.17) is 0 Å². The Morgan fingerprint density at radius 1 is 0.500 bits per heavy atom. The van der Waals surface area contributed by atoms with Crippen LogP contribution in [0.4, 0.5) is 0 Å². The summed E-state index contributed by atoms with van der Waals surface area (Å²) in [5.41, 5.74) is 0. The van der Waals surface area contributed by atoms with Crippen molar-refractivity contribution >= 4 is 6.15 Å². The molecule has 0 radical (unpaired) electrons. The molecule has 0 aromatic carbocycles. The minimum absolute atomic E-state index is 0. The summed E-state index contributed by atoms with van der Waals surface area (Å²) in [6.45, 7) is 9.23. The summed E-state index contributed by atoms with van der Waals surface area (Å²) in [7, 11) is 0. The second kappa shape index (κ2) is 21.5. The Balaban J connectivity index is 0. The smallest absolute Gasteiger partial charge is 0.315 e. The molecule has 0 bridgehead atoms. The van der Waals surface area contributed by atoms with Crippen LogP contribution in [0.15, 0.2) is 0 Å². The predicted molar refractivity (Wildman–Crippen MR) is 120 cm³/mol. The summed E-state index contributed by atoms with van der Waals surface area (Å²) in [4.78, 5) is 0. The van der Waals surface area contributed by atoms with Crippen molar-refractivity contribution in [2.24, 2.45) is 0 Å². The van der Waals surface area contributed by atoms with Crippen molar-refractivity contribution in [1.29, 1.82) is 0 Å². The van der Waals surface area contributed by atoms with Gasteiger partial charge in [-0.25, -0.2) is 0 Å². The van der Waals surface area contributed by atoms with Crippen molar-refractivity contribution in [2.75, 3.05) is 0 Å². The summed E-state index contributed by atoms with van der Waals surface area (Å²) in [6.07, 6.45) is 24.2. The molecule has 0 unspecified atom stereocenters. The first-order chi connectivity index (χ1) is 12.2. The molecule has 0 saturated carbocycles. The van der Waals surface area contributed by atoms with Crippen LogP contribution in [0.3, 0.4) is 0 Å². The van der Waals surface area contributed by atoms with Crippen LogP contribution >= 0.6 is 0 Å². The van der Waals surface area contributed by atoms with Crippen LogP contribution < -0.4 is 18.9 Å². The van der Waals surface area contributed by atoms with Crippen molar-refractivity contribution in [3.8, 4) is 11.7 Å². The van der Waals surface area contributed by atoms with Gasteiger partial charge in [-0.15, -0.1) is 0 Å². The molecule has 0 saturated heterocycles. The molecule has 0 aliphatic carbocycles. The molecule has 0 aromatic rings. The van der Waals surface area contributed by atoms with E-state index in [1.54, 1.807) is 0 Å². The average molecular weight is 354 g/mol. The SMILES string of the molecule is CCCCC#C[B-](CCCCCC)(CCCCCC)CCCCCC.[Li+]. The van der Waals surface area contributed by atoms with E-state index in [0.29, 0.717) is 0 Å². The average Bonchev–Trinajstić information content (AvgIpc) is 2.63. The van der Waals surface area contributed by atoms with E-state index < -0.39 is 6.15 Å². The normalized spacial score (nSPS) is 10.9. The molecule has 0 amide bonds. The van der Waals surface area contributed by atoms with E-state index in [9.17, 15) is 0 Å². The minimum Gasteiger partial charge on any atom is -0.315 e. The van der Waals surface area contributed by atoms with Gasteiger partial charge in [-0.3, -0.25) is 0 Å². The third-order valence-electron chi connectivity index (χ3n) is 5.89. The molecule has 148 valence electrons. The van der Waals surface area contributed by atoms with Crippen molar-refractivity contribution in [3.05, 3.63) is 0 Å². The summed E-state index contributed by atoms with van der Waals surface area (Å²) in [5, 5.41) is 0. The Kier molecular flexibility index (Phi) is 23.5. The third kappa shape index (κ3) is 16.4. The Bertz CT molecular complexity index is 298. The molecule has 0 fully saturated rings. The molecule has 0 atom stereocenters. The molecule has 2 heteroatoms. The fourth-order valence-corrected chi connectivity index (χ4v) is 4.09. The molecule has 0 aromatic heterocycles. The Morgan fingerprint density at radius 3 is 1.23 bits per heavy atom. The predicted octanol–water partition coefficient (Wildman–Crippen LogP) is 5.91. The topological polar surface area (TPSA) is 0 Å². The zero-order chi connectivity index (χ0) is 18.6. The van der Waals surface area contributed by atoms with Crippen molar-refractivity contribution in [2.45, 2.75) is 143 Å². The van der Waals surface area contributed by atoms with Crippen LogP contribution in [0, 0.1) is 11.7 Å². The van der Waals surface area contributed by atoms with Crippen molar-refractivity contribution in [1.82, 2.24) is 0 Å². The molecular weight excluding hydrogens is 306 g/mol. The van der Waals surface area contributed by atoms with Gasteiger partial charge in [0, 0.05) is 6.42 Å².